The van der Waals surface area contributed by atoms with Crippen molar-refractivity contribution in [3.05, 3.63) is 59.4 Å². The quantitative estimate of drug-likeness (QED) is 0.807. The fraction of sp³-hybridized carbons (Fsp3) is 0.143. The zero-order valence-corrected chi connectivity index (χ0v) is 10.6. The summed E-state index contributed by atoms with van der Waals surface area (Å²) in [5, 5.41) is 0. The van der Waals surface area contributed by atoms with Crippen molar-refractivity contribution in [2.45, 2.75) is 6.61 Å². The monoisotopic (exact) mass is 279 g/mol. The average molecular weight is 279 g/mol. The molecule has 2 rings (SSSR count). The van der Waals surface area contributed by atoms with Crippen molar-refractivity contribution in [2.24, 2.45) is 0 Å². The van der Waals surface area contributed by atoms with Gasteiger partial charge in [-0.15, -0.1) is 0 Å². The molecule has 0 aliphatic carbocycles. The van der Waals surface area contributed by atoms with E-state index in [4.69, 9.17) is 4.74 Å². The van der Waals surface area contributed by atoms with Crippen molar-refractivity contribution >= 4 is 5.97 Å². The smallest absolute Gasteiger partial charge is 0.339 e. The number of aromatic nitrogens is 1. The van der Waals surface area contributed by atoms with Gasteiger partial charge >= 0.3 is 5.97 Å². The molecule has 0 fully saturated rings. The van der Waals surface area contributed by atoms with Crippen LogP contribution in [0.2, 0.25) is 0 Å². The highest BCUT2D eigenvalue weighted by Gasteiger charge is 2.12. The molecule has 0 saturated heterocycles. The van der Waals surface area contributed by atoms with Gasteiger partial charge in [0.15, 0.2) is 0 Å². The number of benzene rings is 1. The first kappa shape index (κ1) is 13.9. The van der Waals surface area contributed by atoms with Gasteiger partial charge in [0, 0.05) is 36.2 Å². The molecule has 0 aliphatic rings. The SMILES string of the molecule is COC(=O)c1cnccc1COc1cc(F)cc(F)c1. The van der Waals surface area contributed by atoms with Crippen LogP contribution in [0.3, 0.4) is 0 Å². The first-order valence-electron chi connectivity index (χ1n) is 5.70. The van der Waals surface area contributed by atoms with E-state index in [0.717, 1.165) is 18.2 Å². The van der Waals surface area contributed by atoms with Crippen LogP contribution in [0.5, 0.6) is 5.75 Å². The van der Waals surface area contributed by atoms with Crippen molar-refractivity contribution in [1.29, 1.82) is 0 Å². The lowest BCUT2D eigenvalue weighted by molar-refractivity contribution is 0.0597. The van der Waals surface area contributed by atoms with Gasteiger partial charge < -0.3 is 9.47 Å². The molecule has 20 heavy (non-hydrogen) atoms. The first-order chi connectivity index (χ1) is 9.60. The van der Waals surface area contributed by atoms with Crippen LogP contribution in [0.1, 0.15) is 15.9 Å². The Balaban J connectivity index is 2.16. The lowest BCUT2D eigenvalue weighted by atomic mass is 10.1. The van der Waals surface area contributed by atoms with Crippen molar-refractivity contribution in [3.63, 3.8) is 0 Å². The van der Waals surface area contributed by atoms with E-state index in [9.17, 15) is 13.6 Å². The number of esters is 1. The molecule has 1 heterocycles. The van der Waals surface area contributed by atoms with Crippen molar-refractivity contribution in [3.8, 4) is 5.75 Å². The molecule has 0 atom stereocenters. The number of methoxy groups -OCH3 is 1. The highest BCUT2D eigenvalue weighted by Crippen LogP contribution is 2.18. The molecule has 0 radical (unpaired) electrons. The average Bonchev–Trinajstić information content (AvgIpc) is 2.43. The number of rotatable bonds is 4. The maximum Gasteiger partial charge on any atom is 0.339 e. The molecule has 0 unspecified atom stereocenters. The normalized spacial score (nSPS) is 10.2. The summed E-state index contributed by atoms with van der Waals surface area (Å²) in [6.45, 7) is -0.0319. The number of pyridine rings is 1. The van der Waals surface area contributed by atoms with E-state index in [1.807, 2.05) is 0 Å². The Hall–Kier alpha value is -2.50. The van der Waals surface area contributed by atoms with E-state index in [1.165, 1.54) is 19.5 Å². The van der Waals surface area contributed by atoms with Crippen LogP contribution in [0, 0.1) is 11.6 Å². The Labute approximate surface area is 114 Å². The fourth-order valence-electron chi connectivity index (χ4n) is 1.62. The standard InChI is InChI=1S/C14H11F2NO3/c1-19-14(18)13-7-17-3-2-9(13)8-20-12-5-10(15)4-11(16)6-12/h2-7H,8H2,1H3. The molecular weight excluding hydrogens is 268 g/mol. The second kappa shape index (κ2) is 6.10. The molecule has 104 valence electrons. The van der Waals surface area contributed by atoms with E-state index in [0.29, 0.717) is 5.56 Å². The summed E-state index contributed by atoms with van der Waals surface area (Å²) in [7, 11) is 1.25. The van der Waals surface area contributed by atoms with Crippen LogP contribution >= 0.6 is 0 Å². The molecule has 0 spiro atoms. The van der Waals surface area contributed by atoms with E-state index in [-0.39, 0.29) is 17.9 Å². The lowest BCUT2D eigenvalue weighted by Crippen LogP contribution is -2.08. The number of nitrogens with zero attached hydrogens (tertiary/aromatic N) is 1. The molecule has 0 N–H and O–H groups in total. The minimum atomic E-state index is -0.733. The maximum atomic E-state index is 13.0. The fourth-order valence-corrected chi connectivity index (χ4v) is 1.62. The van der Waals surface area contributed by atoms with Gasteiger partial charge in [0.05, 0.1) is 12.7 Å². The van der Waals surface area contributed by atoms with Crippen LogP contribution in [0.15, 0.2) is 36.7 Å². The van der Waals surface area contributed by atoms with Gasteiger partial charge in [-0.25, -0.2) is 13.6 Å². The molecule has 0 bridgehead atoms. The second-order valence-corrected chi connectivity index (χ2v) is 3.92. The van der Waals surface area contributed by atoms with Crippen LogP contribution in [0.25, 0.3) is 0 Å². The van der Waals surface area contributed by atoms with Crippen LogP contribution in [0.4, 0.5) is 8.78 Å². The molecular formula is C14H11F2NO3. The molecule has 0 saturated carbocycles. The zero-order chi connectivity index (χ0) is 14.5. The van der Waals surface area contributed by atoms with Gasteiger partial charge in [-0.05, 0) is 6.07 Å². The largest absolute Gasteiger partial charge is 0.489 e. The predicted octanol–water partition coefficient (Wildman–Crippen LogP) is 2.73. The summed E-state index contributed by atoms with van der Waals surface area (Å²) in [5.41, 5.74) is 0.753. The Kier molecular flexibility index (Phi) is 4.24. The molecule has 2 aromatic rings. The highest BCUT2D eigenvalue weighted by molar-refractivity contribution is 5.90. The van der Waals surface area contributed by atoms with E-state index in [1.54, 1.807) is 6.07 Å². The van der Waals surface area contributed by atoms with E-state index >= 15 is 0 Å². The summed E-state index contributed by atoms with van der Waals surface area (Å²) in [5.74, 6) is -1.98. The van der Waals surface area contributed by atoms with Gasteiger partial charge in [-0.3, -0.25) is 4.98 Å². The van der Waals surface area contributed by atoms with Gasteiger partial charge in [0.25, 0.3) is 0 Å². The molecule has 6 heteroatoms. The number of carbonyl (C=O) groups is 1. The molecule has 1 aromatic carbocycles. The van der Waals surface area contributed by atoms with Crippen molar-refractivity contribution < 1.29 is 23.0 Å². The number of carbonyl (C=O) groups excluding carboxylic acids is 1. The van der Waals surface area contributed by atoms with Gasteiger partial charge in [0.1, 0.15) is 24.0 Å². The van der Waals surface area contributed by atoms with Crippen LogP contribution < -0.4 is 4.74 Å². The third-order valence-corrected chi connectivity index (χ3v) is 2.55. The van der Waals surface area contributed by atoms with E-state index in [2.05, 4.69) is 9.72 Å². The number of halogens is 2. The highest BCUT2D eigenvalue weighted by atomic mass is 19.1. The number of hydrogen-bond donors (Lipinski definition) is 0. The number of ether oxygens (including phenoxy) is 2. The third kappa shape index (κ3) is 3.28. The Bertz CT molecular complexity index is 611. The molecule has 0 aliphatic heterocycles. The number of hydrogen-bond acceptors (Lipinski definition) is 4. The van der Waals surface area contributed by atoms with Gasteiger partial charge in [-0.1, -0.05) is 0 Å². The van der Waals surface area contributed by atoms with Crippen molar-refractivity contribution in [2.75, 3.05) is 7.11 Å². The summed E-state index contributed by atoms with van der Waals surface area (Å²) in [6.07, 6.45) is 2.83. The molecule has 4 nitrogen and oxygen atoms in total. The van der Waals surface area contributed by atoms with Gasteiger partial charge in [-0.2, -0.15) is 0 Å². The van der Waals surface area contributed by atoms with Crippen LogP contribution in [-0.4, -0.2) is 18.1 Å². The molecule has 1 aromatic heterocycles. The minimum absolute atomic E-state index is 0.0319. The second-order valence-electron chi connectivity index (χ2n) is 3.92. The third-order valence-electron chi connectivity index (χ3n) is 2.55. The molecule has 0 amide bonds. The summed E-state index contributed by atoms with van der Waals surface area (Å²) >= 11 is 0. The van der Waals surface area contributed by atoms with Crippen molar-refractivity contribution in [1.82, 2.24) is 4.98 Å². The Morgan fingerprint density at radius 3 is 2.60 bits per heavy atom. The summed E-state index contributed by atoms with van der Waals surface area (Å²) in [4.78, 5) is 15.3. The maximum absolute atomic E-state index is 13.0. The van der Waals surface area contributed by atoms with E-state index < -0.39 is 17.6 Å². The Morgan fingerprint density at radius 1 is 1.25 bits per heavy atom. The first-order valence-corrected chi connectivity index (χ1v) is 5.70. The topological polar surface area (TPSA) is 48.4 Å². The lowest BCUT2D eigenvalue weighted by Gasteiger charge is -2.09. The zero-order valence-electron chi connectivity index (χ0n) is 10.6. The minimum Gasteiger partial charge on any atom is -0.489 e. The van der Waals surface area contributed by atoms with Crippen LogP contribution in [-0.2, 0) is 11.3 Å². The summed E-state index contributed by atoms with van der Waals surface area (Å²) in [6, 6.07) is 4.44. The summed E-state index contributed by atoms with van der Waals surface area (Å²) < 4.78 is 35.9. The predicted molar refractivity (Wildman–Crippen MR) is 66.3 cm³/mol. The van der Waals surface area contributed by atoms with Gasteiger partial charge in [0.2, 0.25) is 0 Å². The Morgan fingerprint density at radius 2 is 1.95 bits per heavy atom.